The molecule has 0 radical (unpaired) electrons. The zero-order valence-electron chi connectivity index (χ0n) is 13.4. The van der Waals surface area contributed by atoms with Crippen molar-refractivity contribution in [2.24, 2.45) is 0 Å². The summed E-state index contributed by atoms with van der Waals surface area (Å²) in [7, 11) is 3.73. The molecule has 0 unspecified atom stereocenters. The normalized spacial score (nSPS) is 14.7. The predicted molar refractivity (Wildman–Crippen MR) is 85.1 cm³/mol. The second-order valence-corrected chi connectivity index (χ2v) is 5.38. The standard InChI is InChI=1S/C15H23N5O2/c1-4-16-15(22)20-10-8-19(9-11-20)14(21)12-6-5-7-17-13(12)18(2)3/h5-7H,4,8-11H2,1-3H3,(H,16,22). The second kappa shape index (κ2) is 7.11. The molecule has 0 aliphatic carbocycles. The summed E-state index contributed by atoms with van der Waals surface area (Å²) in [5.74, 6) is 0.631. The van der Waals surface area contributed by atoms with Crippen LogP contribution in [0.25, 0.3) is 0 Å². The molecule has 1 aliphatic heterocycles. The van der Waals surface area contributed by atoms with Crippen LogP contribution in [-0.2, 0) is 0 Å². The van der Waals surface area contributed by atoms with Gasteiger partial charge in [0, 0.05) is 53.0 Å². The summed E-state index contributed by atoms with van der Waals surface area (Å²) in [5, 5.41) is 2.78. The molecule has 1 aromatic heterocycles. The van der Waals surface area contributed by atoms with Gasteiger partial charge < -0.3 is 20.0 Å². The maximum Gasteiger partial charge on any atom is 0.317 e. The Hall–Kier alpha value is -2.31. The number of rotatable bonds is 3. The average molecular weight is 305 g/mol. The van der Waals surface area contributed by atoms with Gasteiger partial charge in [0.15, 0.2) is 0 Å². The molecule has 2 rings (SSSR count). The summed E-state index contributed by atoms with van der Waals surface area (Å²) in [6, 6.07) is 3.50. The molecule has 0 bridgehead atoms. The number of aromatic nitrogens is 1. The molecule has 2 heterocycles. The summed E-state index contributed by atoms with van der Waals surface area (Å²) in [5.41, 5.74) is 0.596. The van der Waals surface area contributed by atoms with Crippen molar-refractivity contribution in [1.29, 1.82) is 0 Å². The van der Waals surface area contributed by atoms with E-state index in [0.717, 1.165) is 0 Å². The molecule has 1 aliphatic rings. The van der Waals surface area contributed by atoms with Gasteiger partial charge in [-0.1, -0.05) is 0 Å². The van der Waals surface area contributed by atoms with Crippen LogP contribution in [0.2, 0.25) is 0 Å². The Morgan fingerprint density at radius 1 is 1.23 bits per heavy atom. The largest absolute Gasteiger partial charge is 0.362 e. The molecule has 1 N–H and O–H groups in total. The fourth-order valence-electron chi connectivity index (χ4n) is 2.47. The molecular weight excluding hydrogens is 282 g/mol. The number of hydrogen-bond acceptors (Lipinski definition) is 4. The molecule has 7 heteroatoms. The van der Waals surface area contributed by atoms with Crippen molar-refractivity contribution < 1.29 is 9.59 Å². The number of amides is 3. The van der Waals surface area contributed by atoms with Crippen LogP contribution in [0.4, 0.5) is 10.6 Å². The molecule has 7 nitrogen and oxygen atoms in total. The van der Waals surface area contributed by atoms with E-state index in [4.69, 9.17) is 0 Å². The van der Waals surface area contributed by atoms with E-state index in [9.17, 15) is 9.59 Å². The first-order valence-electron chi connectivity index (χ1n) is 7.49. The van der Waals surface area contributed by atoms with Crippen LogP contribution in [0, 0.1) is 0 Å². The van der Waals surface area contributed by atoms with E-state index < -0.39 is 0 Å². The van der Waals surface area contributed by atoms with Gasteiger partial charge in [0.2, 0.25) is 0 Å². The number of carbonyl (C=O) groups excluding carboxylic acids is 2. The van der Waals surface area contributed by atoms with Gasteiger partial charge in [0.25, 0.3) is 5.91 Å². The summed E-state index contributed by atoms with van der Waals surface area (Å²) in [4.78, 5) is 34.1. The van der Waals surface area contributed by atoms with Crippen LogP contribution >= 0.6 is 0 Å². The molecule has 0 aromatic carbocycles. The summed E-state index contributed by atoms with van der Waals surface area (Å²) in [6.45, 7) is 4.68. The third-order valence-corrected chi connectivity index (χ3v) is 3.62. The lowest BCUT2D eigenvalue weighted by atomic mass is 10.2. The number of nitrogens with zero attached hydrogens (tertiary/aromatic N) is 4. The summed E-state index contributed by atoms with van der Waals surface area (Å²) in [6.07, 6.45) is 1.68. The average Bonchev–Trinajstić information content (AvgIpc) is 2.54. The van der Waals surface area contributed by atoms with Crippen molar-refractivity contribution in [3.63, 3.8) is 0 Å². The number of pyridine rings is 1. The monoisotopic (exact) mass is 305 g/mol. The Balaban J connectivity index is 2.03. The van der Waals surface area contributed by atoms with Crippen LogP contribution in [0.5, 0.6) is 0 Å². The number of urea groups is 1. The Kier molecular flexibility index (Phi) is 5.19. The minimum Gasteiger partial charge on any atom is -0.362 e. The van der Waals surface area contributed by atoms with Gasteiger partial charge in [-0.05, 0) is 19.1 Å². The minimum absolute atomic E-state index is 0.0349. The molecule has 1 fully saturated rings. The molecule has 1 aromatic rings. The van der Waals surface area contributed by atoms with Crippen molar-refractivity contribution in [1.82, 2.24) is 20.1 Å². The highest BCUT2D eigenvalue weighted by Crippen LogP contribution is 2.17. The second-order valence-electron chi connectivity index (χ2n) is 5.38. The first-order chi connectivity index (χ1) is 10.5. The van der Waals surface area contributed by atoms with Gasteiger partial charge in [-0.25, -0.2) is 9.78 Å². The van der Waals surface area contributed by atoms with E-state index in [2.05, 4.69) is 10.3 Å². The first kappa shape index (κ1) is 16.1. The third-order valence-electron chi connectivity index (χ3n) is 3.62. The lowest BCUT2D eigenvalue weighted by Crippen LogP contribution is -2.53. The van der Waals surface area contributed by atoms with E-state index >= 15 is 0 Å². The molecule has 0 atom stereocenters. The molecule has 0 saturated carbocycles. The zero-order chi connectivity index (χ0) is 16.1. The Bertz CT molecular complexity index is 538. The number of hydrogen-bond donors (Lipinski definition) is 1. The maximum absolute atomic E-state index is 12.7. The van der Waals surface area contributed by atoms with Crippen molar-refractivity contribution >= 4 is 17.8 Å². The fourth-order valence-corrected chi connectivity index (χ4v) is 2.47. The highest BCUT2D eigenvalue weighted by molar-refractivity contribution is 5.99. The lowest BCUT2D eigenvalue weighted by Gasteiger charge is -2.35. The van der Waals surface area contributed by atoms with E-state index in [1.807, 2.05) is 25.9 Å². The number of carbonyl (C=O) groups is 2. The predicted octanol–water partition coefficient (Wildman–Crippen LogP) is 0.635. The molecular formula is C15H23N5O2. The molecule has 3 amide bonds. The van der Waals surface area contributed by atoms with Gasteiger partial charge in [-0.3, -0.25) is 4.79 Å². The molecule has 1 saturated heterocycles. The molecule has 0 spiro atoms. The Morgan fingerprint density at radius 3 is 2.45 bits per heavy atom. The summed E-state index contributed by atoms with van der Waals surface area (Å²) >= 11 is 0. The smallest absolute Gasteiger partial charge is 0.317 e. The van der Waals surface area contributed by atoms with Gasteiger partial charge in [-0.15, -0.1) is 0 Å². The van der Waals surface area contributed by atoms with Crippen molar-refractivity contribution in [3.05, 3.63) is 23.9 Å². The van der Waals surface area contributed by atoms with Crippen LogP contribution in [0.1, 0.15) is 17.3 Å². The van der Waals surface area contributed by atoms with Crippen molar-refractivity contribution in [2.75, 3.05) is 51.7 Å². The molecule has 22 heavy (non-hydrogen) atoms. The lowest BCUT2D eigenvalue weighted by molar-refractivity contribution is 0.0665. The highest BCUT2D eigenvalue weighted by atomic mass is 16.2. The van der Waals surface area contributed by atoms with Crippen molar-refractivity contribution in [2.45, 2.75) is 6.92 Å². The van der Waals surface area contributed by atoms with Gasteiger partial charge in [0.05, 0.1) is 5.56 Å². The minimum atomic E-state index is -0.0649. The van der Waals surface area contributed by atoms with E-state index in [-0.39, 0.29) is 11.9 Å². The van der Waals surface area contributed by atoms with E-state index in [1.54, 1.807) is 28.1 Å². The van der Waals surface area contributed by atoms with Crippen LogP contribution in [0.15, 0.2) is 18.3 Å². The highest BCUT2D eigenvalue weighted by Gasteiger charge is 2.26. The van der Waals surface area contributed by atoms with Crippen molar-refractivity contribution in [3.8, 4) is 0 Å². The number of nitrogens with one attached hydrogen (secondary N) is 1. The van der Waals surface area contributed by atoms with Crippen LogP contribution < -0.4 is 10.2 Å². The summed E-state index contributed by atoms with van der Waals surface area (Å²) < 4.78 is 0. The SMILES string of the molecule is CCNC(=O)N1CCN(C(=O)c2cccnc2N(C)C)CC1. The Labute approximate surface area is 130 Å². The molecule has 120 valence electrons. The van der Waals surface area contributed by atoms with E-state index in [0.29, 0.717) is 44.1 Å². The van der Waals surface area contributed by atoms with E-state index in [1.165, 1.54) is 0 Å². The van der Waals surface area contributed by atoms with Crippen LogP contribution in [0.3, 0.4) is 0 Å². The van der Waals surface area contributed by atoms with Gasteiger partial charge in [0.1, 0.15) is 5.82 Å². The quantitative estimate of drug-likeness (QED) is 0.889. The number of piperazine rings is 1. The Morgan fingerprint density at radius 2 is 1.86 bits per heavy atom. The zero-order valence-corrected chi connectivity index (χ0v) is 13.4. The maximum atomic E-state index is 12.7. The number of anilines is 1. The fraction of sp³-hybridized carbons (Fsp3) is 0.533. The van der Waals surface area contributed by atoms with Gasteiger partial charge >= 0.3 is 6.03 Å². The first-order valence-corrected chi connectivity index (χ1v) is 7.49. The third kappa shape index (κ3) is 3.47. The van der Waals surface area contributed by atoms with Crippen LogP contribution in [-0.4, -0.2) is 73.5 Å². The topological polar surface area (TPSA) is 68.8 Å². The van der Waals surface area contributed by atoms with Gasteiger partial charge in [-0.2, -0.15) is 0 Å².